The van der Waals surface area contributed by atoms with Gasteiger partial charge in [0.25, 0.3) is 0 Å². The standard InChI is InChI=1S/C23H18N2O/c26-23(20-14-8-3-9-15-20)22(19-12-6-2-7-13-19)25-21(16-17-24-25)18-10-4-1-5-11-18/h1-17,26H/b23-22+. The first-order chi connectivity index (χ1) is 12.8. The Morgan fingerprint density at radius 1 is 0.654 bits per heavy atom. The maximum Gasteiger partial charge on any atom is 0.149 e. The molecule has 1 N–H and O–H groups in total. The van der Waals surface area contributed by atoms with Gasteiger partial charge in [-0.25, -0.2) is 4.68 Å². The lowest BCUT2D eigenvalue weighted by Crippen LogP contribution is -2.06. The molecule has 1 aromatic heterocycles. The Morgan fingerprint density at radius 3 is 1.81 bits per heavy atom. The van der Waals surface area contributed by atoms with Crippen LogP contribution in [0.15, 0.2) is 103 Å². The fourth-order valence-electron chi connectivity index (χ4n) is 3.00. The molecule has 0 atom stereocenters. The third kappa shape index (κ3) is 3.03. The minimum atomic E-state index is 0.192. The number of aromatic nitrogens is 2. The maximum atomic E-state index is 11.1. The molecular formula is C23H18N2O. The van der Waals surface area contributed by atoms with Crippen LogP contribution in [0.3, 0.4) is 0 Å². The molecule has 26 heavy (non-hydrogen) atoms. The highest BCUT2D eigenvalue weighted by atomic mass is 16.3. The van der Waals surface area contributed by atoms with Gasteiger partial charge in [-0.3, -0.25) is 0 Å². The van der Waals surface area contributed by atoms with Crippen molar-refractivity contribution in [1.82, 2.24) is 9.78 Å². The summed E-state index contributed by atoms with van der Waals surface area (Å²) in [6.45, 7) is 0. The number of aliphatic hydroxyl groups excluding tert-OH is 1. The summed E-state index contributed by atoms with van der Waals surface area (Å²) < 4.78 is 1.80. The monoisotopic (exact) mass is 338 g/mol. The fraction of sp³-hybridized carbons (Fsp3) is 0. The van der Waals surface area contributed by atoms with Gasteiger partial charge in [0, 0.05) is 16.7 Å². The van der Waals surface area contributed by atoms with Crippen LogP contribution in [0.4, 0.5) is 0 Å². The molecule has 4 rings (SSSR count). The van der Waals surface area contributed by atoms with Crippen molar-refractivity contribution in [1.29, 1.82) is 0 Å². The van der Waals surface area contributed by atoms with Crippen molar-refractivity contribution in [2.75, 3.05) is 0 Å². The van der Waals surface area contributed by atoms with Crippen molar-refractivity contribution < 1.29 is 5.11 Å². The average Bonchev–Trinajstić information content (AvgIpc) is 3.19. The average molecular weight is 338 g/mol. The van der Waals surface area contributed by atoms with Gasteiger partial charge in [0.2, 0.25) is 0 Å². The Balaban J connectivity index is 1.96. The van der Waals surface area contributed by atoms with E-state index in [0.717, 1.165) is 22.4 Å². The Kier molecular flexibility index (Phi) is 4.35. The third-order valence-electron chi connectivity index (χ3n) is 4.24. The van der Waals surface area contributed by atoms with Crippen molar-refractivity contribution in [3.05, 3.63) is 114 Å². The minimum Gasteiger partial charge on any atom is -0.505 e. The van der Waals surface area contributed by atoms with E-state index in [1.165, 1.54) is 0 Å². The summed E-state index contributed by atoms with van der Waals surface area (Å²) in [5.74, 6) is 0.192. The van der Waals surface area contributed by atoms with E-state index in [4.69, 9.17) is 0 Å². The summed E-state index contributed by atoms with van der Waals surface area (Å²) in [5.41, 5.74) is 4.27. The van der Waals surface area contributed by atoms with Crippen LogP contribution in [0, 0.1) is 0 Å². The van der Waals surface area contributed by atoms with E-state index in [2.05, 4.69) is 5.10 Å². The second-order valence-corrected chi connectivity index (χ2v) is 5.92. The zero-order valence-corrected chi connectivity index (χ0v) is 14.2. The molecule has 0 spiro atoms. The molecule has 0 saturated carbocycles. The van der Waals surface area contributed by atoms with E-state index in [1.807, 2.05) is 97.1 Å². The highest BCUT2D eigenvalue weighted by Gasteiger charge is 2.17. The Morgan fingerprint density at radius 2 is 1.19 bits per heavy atom. The molecule has 3 nitrogen and oxygen atoms in total. The van der Waals surface area contributed by atoms with Crippen LogP contribution in [-0.4, -0.2) is 14.9 Å². The molecule has 0 unspecified atom stereocenters. The van der Waals surface area contributed by atoms with Crippen molar-refractivity contribution in [3.63, 3.8) is 0 Å². The Bertz CT molecular complexity index is 1020. The smallest absolute Gasteiger partial charge is 0.149 e. The highest BCUT2D eigenvalue weighted by molar-refractivity contribution is 5.88. The topological polar surface area (TPSA) is 38.0 Å². The summed E-state index contributed by atoms with van der Waals surface area (Å²) >= 11 is 0. The quantitative estimate of drug-likeness (QED) is 0.395. The van der Waals surface area contributed by atoms with Crippen LogP contribution in [0.2, 0.25) is 0 Å². The van der Waals surface area contributed by atoms with Gasteiger partial charge in [-0.2, -0.15) is 5.10 Å². The summed E-state index contributed by atoms with van der Waals surface area (Å²) in [5, 5.41) is 15.6. The molecule has 0 saturated heterocycles. The fourth-order valence-corrected chi connectivity index (χ4v) is 3.00. The van der Waals surface area contributed by atoms with Gasteiger partial charge in [-0.1, -0.05) is 91.0 Å². The molecule has 126 valence electrons. The molecule has 0 aliphatic carbocycles. The van der Waals surface area contributed by atoms with E-state index >= 15 is 0 Å². The molecule has 1 heterocycles. The van der Waals surface area contributed by atoms with Crippen LogP contribution in [-0.2, 0) is 0 Å². The summed E-state index contributed by atoms with van der Waals surface area (Å²) in [4.78, 5) is 0. The van der Waals surface area contributed by atoms with Crippen molar-refractivity contribution in [3.8, 4) is 11.3 Å². The molecule has 4 aromatic rings. The zero-order chi connectivity index (χ0) is 17.8. The van der Waals surface area contributed by atoms with Crippen LogP contribution in [0.5, 0.6) is 0 Å². The lowest BCUT2D eigenvalue weighted by atomic mass is 10.1. The molecular weight excluding hydrogens is 320 g/mol. The first-order valence-electron chi connectivity index (χ1n) is 8.48. The number of rotatable bonds is 4. The number of hydrogen-bond acceptors (Lipinski definition) is 2. The van der Waals surface area contributed by atoms with Gasteiger partial charge < -0.3 is 5.11 Å². The summed E-state index contributed by atoms with van der Waals surface area (Å²) in [7, 11) is 0. The number of aliphatic hydroxyl groups is 1. The maximum absolute atomic E-state index is 11.1. The number of benzene rings is 3. The minimum absolute atomic E-state index is 0.192. The SMILES string of the molecule is O/C(=C(\c1ccccc1)n1nccc1-c1ccccc1)c1ccccc1. The largest absolute Gasteiger partial charge is 0.505 e. The number of nitrogens with zero attached hydrogens (tertiary/aromatic N) is 2. The van der Waals surface area contributed by atoms with E-state index in [1.54, 1.807) is 10.9 Å². The molecule has 0 aliphatic rings. The van der Waals surface area contributed by atoms with Crippen LogP contribution in [0.25, 0.3) is 22.7 Å². The second kappa shape index (κ2) is 7.11. The third-order valence-corrected chi connectivity index (χ3v) is 4.24. The summed E-state index contributed by atoms with van der Waals surface area (Å²) in [6.07, 6.45) is 1.75. The van der Waals surface area contributed by atoms with E-state index in [0.29, 0.717) is 5.70 Å². The van der Waals surface area contributed by atoms with E-state index in [9.17, 15) is 5.11 Å². The van der Waals surface area contributed by atoms with Crippen LogP contribution in [0.1, 0.15) is 11.1 Å². The Labute approximate surface area is 152 Å². The molecule has 3 aromatic carbocycles. The van der Waals surface area contributed by atoms with Crippen molar-refractivity contribution in [2.45, 2.75) is 0 Å². The lowest BCUT2D eigenvalue weighted by Gasteiger charge is -2.15. The first kappa shape index (κ1) is 15.9. The summed E-state index contributed by atoms with van der Waals surface area (Å²) in [6, 6.07) is 31.4. The normalized spacial score (nSPS) is 11.8. The van der Waals surface area contributed by atoms with Crippen LogP contribution >= 0.6 is 0 Å². The molecule has 0 radical (unpaired) electrons. The number of hydrogen-bond donors (Lipinski definition) is 1. The molecule has 0 fully saturated rings. The van der Waals surface area contributed by atoms with Crippen LogP contribution < -0.4 is 0 Å². The van der Waals surface area contributed by atoms with E-state index in [-0.39, 0.29) is 5.76 Å². The molecule has 0 bridgehead atoms. The second-order valence-electron chi connectivity index (χ2n) is 5.92. The molecule has 3 heteroatoms. The van der Waals surface area contributed by atoms with Gasteiger partial charge in [0.15, 0.2) is 0 Å². The van der Waals surface area contributed by atoms with E-state index < -0.39 is 0 Å². The van der Waals surface area contributed by atoms with Gasteiger partial charge in [0.05, 0.1) is 11.9 Å². The predicted molar refractivity (Wildman–Crippen MR) is 105 cm³/mol. The predicted octanol–water partition coefficient (Wildman–Crippen LogP) is 5.48. The molecule has 0 aliphatic heterocycles. The van der Waals surface area contributed by atoms with Gasteiger partial charge in [-0.05, 0) is 6.07 Å². The van der Waals surface area contributed by atoms with Gasteiger partial charge in [0.1, 0.15) is 11.5 Å². The highest BCUT2D eigenvalue weighted by Crippen LogP contribution is 2.30. The Hall–Kier alpha value is -3.59. The van der Waals surface area contributed by atoms with Crippen molar-refractivity contribution in [2.24, 2.45) is 0 Å². The zero-order valence-electron chi connectivity index (χ0n) is 14.2. The van der Waals surface area contributed by atoms with Crippen molar-refractivity contribution >= 4 is 11.5 Å². The van der Waals surface area contributed by atoms with Gasteiger partial charge in [-0.15, -0.1) is 0 Å². The van der Waals surface area contributed by atoms with Gasteiger partial charge >= 0.3 is 0 Å². The lowest BCUT2D eigenvalue weighted by molar-refractivity contribution is 0.510. The first-order valence-corrected chi connectivity index (χ1v) is 8.48. The molecule has 0 amide bonds.